The number of nitrogens with two attached hydrogens (primary N) is 1. The number of nitrogens with one attached hydrogen (secondary N) is 1. The monoisotopic (exact) mass is 342 g/mol. The number of amides is 1. The molecule has 0 aliphatic heterocycles. The highest BCUT2D eigenvalue weighted by atomic mass is 35.5. The molecule has 0 aromatic heterocycles. The lowest BCUT2D eigenvalue weighted by molar-refractivity contribution is -0.153. The third kappa shape index (κ3) is 7.94. The van der Waals surface area contributed by atoms with E-state index in [1.54, 1.807) is 13.0 Å². The zero-order chi connectivity index (χ0) is 15.9. The number of carbonyl (C=O) groups excluding carboxylic acids is 1. The van der Waals surface area contributed by atoms with Gasteiger partial charge in [0.15, 0.2) is 24.7 Å². The summed E-state index contributed by atoms with van der Waals surface area (Å²) in [6.07, 6.45) is -4.44. The van der Waals surface area contributed by atoms with Crippen LogP contribution in [0.2, 0.25) is 0 Å². The molecule has 1 rings (SSSR count). The van der Waals surface area contributed by atoms with E-state index in [-0.39, 0.29) is 43.1 Å². The third-order valence-electron chi connectivity index (χ3n) is 2.36. The van der Waals surface area contributed by atoms with Crippen molar-refractivity contribution in [3.8, 4) is 11.5 Å². The Bertz CT molecular complexity index is 472. The lowest BCUT2D eigenvalue weighted by Gasteiger charge is -2.15. The Labute approximate surface area is 132 Å². The molecule has 0 aliphatic carbocycles. The maximum Gasteiger partial charge on any atom is 0.422 e. The van der Waals surface area contributed by atoms with Crippen LogP contribution in [0.4, 0.5) is 13.2 Å². The van der Waals surface area contributed by atoms with Gasteiger partial charge in [-0.05, 0) is 19.1 Å². The zero-order valence-electron chi connectivity index (χ0n) is 11.9. The first-order valence-corrected chi connectivity index (χ1v) is 6.22. The Balaban J connectivity index is 0.00000441. The summed E-state index contributed by atoms with van der Waals surface area (Å²) in [6.45, 7) is 0.232. The molecule has 0 spiro atoms. The van der Waals surface area contributed by atoms with Crippen molar-refractivity contribution in [1.29, 1.82) is 0 Å². The number of carbonyl (C=O) groups is 1. The van der Waals surface area contributed by atoms with E-state index in [2.05, 4.69) is 10.1 Å². The number of hydrogen-bond acceptors (Lipinski definition) is 4. The summed E-state index contributed by atoms with van der Waals surface area (Å²) in [5.41, 5.74) is 5.35. The average Bonchev–Trinajstić information content (AvgIpc) is 2.42. The van der Waals surface area contributed by atoms with Crippen molar-refractivity contribution in [1.82, 2.24) is 5.32 Å². The minimum Gasteiger partial charge on any atom is -0.480 e. The van der Waals surface area contributed by atoms with Gasteiger partial charge < -0.3 is 20.5 Å². The number of halogens is 4. The average molecular weight is 343 g/mol. The van der Waals surface area contributed by atoms with Crippen LogP contribution < -0.4 is 20.5 Å². The van der Waals surface area contributed by atoms with Gasteiger partial charge in [-0.3, -0.25) is 4.79 Å². The Hall–Kier alpha value is -1.67. The van der Waals surface area contributed by atoms with E-state index in [0.29, 0.717) is 0 Å². The smallest absolute Gasteiger partial charge is 0.422 e. The van der Waals surface area contributed by atoms with Gasteiger partial charge in [0.2, 0.25) is 0 Å². The molecule has 3 N–H and O–H groups in total. The summed E-state index contributed by atoms with van der Waals surface area (Å²) in [4.78, 5) is 11.5. The number of alkyl halides is 3. The standard InChI is InChI=1S/C13H17F3N2O3.ClH/c1-9(6-17)18-12(19)7-20-10-4-2-3-5-11(10)21-8-13(14,15)16;/h2-5,9H,6-8,17H2,1H3,(H,18,19);1H/t9-;/m0./s1. The van der Waals surface area contributed by atoms with Gasteiger partial charge in [-0.15, -0.1) is 12.4 Å². The van der Waals surface area contributed by atoms with Crippen LogP contribution in [0.15, 0.2) is 24.3 Å². The molecule has 0 saturated heterocycles. The Morgan fingerprint density at radius 2 is 1.82 bits per heavy atom. The molecule has 0 fully saturated rings. The number of benzene rings is 1. The van der Waals surface area contributed by atoms with Gasteiger partial charge >= 0.3 is 6.18 Å². The van der Waals surface area contributed by atoms with Gasteiger partial charge in [-0.2, -0.15) is 13.2 Å². The van der Waals surface area contributed by atoms with Crippen LogP contribution in [0.3, 0.4) is 0 Å². The maximum absolute atomic E-state index is 12.1. The van der Waals surface area contributed by atoms with Gasteiger partial charge in [0, 0.05) is 12.6 Å². The molecule has 126 valence electrons. The molecule has 0 heterocycles. The van der Waals surface area contributed by atoms with E-state index in [9.17, 15) is 18.0 Å². The molecule has 0 saturated carbocycles. The molecule has 1 aromatic rings. The van der Waals surface area contributed by atoms with Crippen LogP contribution in [0.1, 0.15) is 6.92 Å². The Kier molecular flexibility index (Phi) is 8.66. The minimum atomic E-state index is -4.44. The van der Waals surface area contributed by atoms with Crippen LogP contribution in [0.25, 0.3) is 0 Å². The first-order chi connectivity index (χ1) is 9.81. The zero-order valence-corrected chi connectivity index (χ0v) is 12.7. The Morgan fingerprint density at radius 1 is 1.27 bits per heavy atom. The van der Waals surface area contributed by atoms with Gasteiger partial charge in [0.25, 0.3) is 5.91 Å². The van der Waals surface area contributed by atoms with Crippen molar-refractivity contribution in [3.05, 3.63) is 24.3 Å². The second-order valence-corrected chi connectivity index (χ2v) is 4.34. The molecule has 9 heteroatoms. The largest absolute Gasteiger partial charge is 0.480 e. The van der Waals surface area contributed by atoms with Crippen LogP contribution >= 0.6 is 12.4 Å². The molecular weight excluding hydrogens is 325 g/mol. The molecule has 0 bridgehead atoms. The second kappa shape index (κ2) is 9.37. The highest BCUT2D eigenvalue weighted by Gasteiger charge is 2.29. The Morgan fingerprint density at radius 3 is 2.32 bits per heavy atom. The highest BCUT2D eigenvalue weighted by Crippen LogP contribution is 2.28. The van der Waals surface area contributed by atoms with E-state index < -0.39 is 18.7 Å². The van der Waals surface area contributed by atoms with E-state index >= 15 is 0 Å². The van der Waals surface area contributed by atoms with Gasteiger partial charge in [-0.1, -0.05) is 12.1 Å². The molecule has 0 radical (unpaired) electrons. The predicted molar refractivity (Wildman–Crippen MR) is 77.4 cm³/mol. The van der Waals surface area contributed by atoms with E-state index in [4.69, 9.17) is 10.5 Å². The van der Waals surface area contributed by atoms with Crippen molar-refractivity contribution in [2.24, 2.45) is 5.73 Å². The summed E-state index contributed by atoms with van der Waals surface area (Å²) in [5.74, 6) is -0.426. The fourth-order valence-corrected chi connectivity index (χ4v) is 1.37. The first kappa shape index (κ1) is 20.3. The fraction of sp³-hybridized carbons (Fsp3) is 0.462. The molecule has 1 atom stereocenters. The molecule has 1 aromatic carbocycles. The normalized spacial score (nSPS) is 12.0. The topological polar surface area (TPSA) is 73.6 Å². The van der Waals surface area contributed by atoms with E-state index in [0.717, 1.165) is 0 Å². The molecular formula is C13H18ClF3N2O3. The van der Waals surface area contributed by atoms with E-state index in [1.807, 2.05) is 0 Å². The summed E-state index contributed by atoms with van der Waals surface area (Å²) in [5, 5.41) is 2.57. The van der Waals surface area contributed by atoms with Crippen LogP contribution in [-0.4, -0.2) is 37.9 Å². The molecule has 0 unspecified atom stereocenters. The summed E-state index contributed by atoms with van der Waals surface area (Å²) >= 11 is 0. The molecule has 5 nitrogen and oxygen atoms in total. The molecule has 0 aliphatic rings. The highest BCUT2D eigenvalue weighted by molar-refractivity contribution is 5.85. The number of para-hydroxylation sites is 2. The number of rotatable bonds is 7. The minimum absolute atomic E-state index is 0. The van der Waals surface area contributed by atoms with Crippen LogP contribution in [0, 0.1) is 0 Å². The lowest BCUT2D eigenvalue weighted by atomic mass is 10.3. The molecule has 1 amide bonds. The number of hydrogen-bond donors (Lipinski definition) is 2. The second-order valence-electron chi connectivity index (χ2n) is 4.34. The van der Waals surface area contributed by atoms with Gasteiger partial charge in [0.05, 0.1) is 0 Å². The maximum atomic E-state index is 12.1. The van der Waals surface area contributed by atoms with Gasteiger partial charge in [-0.25, -0.2) is 0 Å². The fourth-order valence-electron chi connectivity index (χ4n) is 1.37. The lowest BCUT2D eigenvalue weighted by Crippen LogP contribution is -2.40. The van der Waals surface area contributed by atoms with E-state index in [1.165, 1.54) is 18.2 Å². The summed E-state index contributed by atoms with van der Waals surface area (Å²) in [6, 6.07) is 5.62. The SMILES string of the molecule is C[C@@H](CN)NC(=O)COc1ccccc1OCC(F)(F)F.Cl. The van der Waals surface area contributed by atoms with Gasteiger partial charge in [0.1, 0.15) is 0 Å². The quantitative estimate of drug-likeness (QED) is 0.793. The third-order valence-corrected chi connectivity index (χ3v) is 2.36. The molecule has 22 heavy (non-hydrogen) atoms. The van der Waals surface area contributed by atoms with Crippen molar-refractivity contribution in [2.45, 2.75) is 19.1 Å². The summed E-state index contributed by atoms with van der Waals surface area (Å²) < 4.78 is 46.2. The number of ether oxygens (including phenoxy) is 2. The predicted octanol–water partition coefficient (Wildman–Crippen LogP) is 1.89. The van der Waals surface area contributed by atoms with Crippen molar-refractivity contribution in [2.75, 3.05) is 19.8 Å². The van der Waals surface area contributed by atoms with Crippen LogP contribution in [0.5, 0.6) is 11.5 Å². The first-order valence-electron chi connectivity index (χ1n) is 6.22. The summed E-state index contributed by atoms with van der Waals surface area (Å²) in [7, 11) is 0. The van der Waals surface area contributed by atoms with Crippen LogP contribution in [-0.2, 0) is 4.79 Å². The van der Waals surface area contributed by atoms with Crippen molar-refractivity contribution < 1.29 is 27.4 Å². The van der Waals surface area contributed by atoms with Crippen molar-refractivity contribution >= 4 is 18.3 Å². The van der Waals surface area contributed by atoms with Crippen molar-refractivity contribution in [3.63, 3.8) is 0 Å².